The minimum Gasteiger partial charge on any atom is -0.542 e. The minimum atomic E-state index is -2.01. The zero-order chi connectivity index (χ0) is 9.89. The molecule has 0 rings (SSSR count). The molecule has 0 aliphatic carbocycles. The van der Waals surface area contributed by atoms with E-state index in [2.05, 4.69) is 0 Å². The number of carboxylic acids is 1. The Kier molecular flexibility index (Phi) is 6.37. The van der Waals surface area contributed by atoms with E-state index in [9.17, 15) is 24.3 Å². The summed E-state index contributed by atoms with van der Waals surface area (Å²) in [5, 5.41) is 9.98. The monoisotopic (exact) mass is 178 g/mol. The zero-order valence-corrected chi connectivity index (χ0v) is 7.62. The van der Waals surface area contributed by atoms with Crippen LogP contribution in [0.4, 0.5) is 0 Å². The SMILES string of the molecule is CC(=O)C(C(C)=O)C(=O)C(=O)[O-].[Li+]. The Labute approximate surface area is 86.7 Å². The Morgan fingerprint density at radius 3 is 1.38 bits per heavy atom. The van der Waals surface area contributed by atoms with Gasteiger partial charge in [-0.15, -0.1) is 0 Å². The van der Waals surface area contributed by atoms with Crippen LogP contribution in [0.1, 0.15) is 13.8 Å². The Bertz CT molecular complexity index is 244. The molecule has 0 N–H and O–H groups in total. The summed E-state index contributed by atoms with van der Waals surface area (Å²) in [6, 6.07) is 0. The summed E-state index contributed by atoms with van der Waals surface area (Å²) in [7, 11) is 0. The van der Waals surface area contributed by atoms with Crippen molar-refractivity contribution in [3.05, 3.63) is 0 Å². The van der Waals surface area contributed by atoms with E-state index in [1.165, 1.54) is 0 Å². The number of ketones is 3. The minimum absolute atomic E-state index is 0. The molecule has 0 fully saturated rings. The van der Waals surface area contributed by atoms with E-state index in [1.54, 1.807) is 0 Å². The molecule has 6 heteroatoms. The molecule has 0 amide bonds. The molecule has 13 heavy (non-hydrogen) atoms. The van der Waals surface area contributed by atoms with Crippen molar-refractivity contribution >= 4 is 23.3 Å². The van der Waals surface area contributed by atoms with Crippen molar-refractivity contribution in [3.8, 4) is 0 Å². The second kappa shape index (κ2) is 5.68. The van der Waals surface area contributed by atoms with Gasteiger partial charge in [-0.3, -0.25) is 14.4 Å². The molecule has 0 heterocycles. The first-order valence-electron chi connectivity index (χ1n) is 3.14. The number of rotatable bonds is 4. The van der Waals surface area contributed by atoms with Crippen LogP contribution in [-0.4, -0.2) is 23.3 Å². The Hall–Kier alpha value is -0.923. The molecule has 5 nitrogen and oxygen atoms in total. The fourth-order valence-electron chi connectivity index (χ4n) is 0.773. The standard InChI is InChI=1S/C7H8O5.Li/c1-3(8)5(4(2)9)6(10)7(11)12;/h5H,1-2H3,(H,11,12);/q;+1/p-1. The van der Waals surface area contributed by atoms with Crippen LogP contribution in [0, 0.1) is 5.92 Å². The average Bonchev–Trinajstić information content (AvgIpc) is 1.85. The van der Waals surface area contributed by atoms with Crippen LogP contribution in [0.3, 0.4) is 0 Å². The van der Waals surface area contributed by atoms with Gasteiger partial charge < -0.3 is 9.90 Å². The molecule has 0 aromatic carbocycles. The van der Waals surface area contributed by atoms with Crippen LogP contribution in [0.2, 0.25) is 0 Å². The third-order valence-corrected chi connectivity index (χ3v) is 1.28. The van der Waals surface area contributed by atoms with Crippen molar-refractivity contribution in [3.63, 3.8) is 0 Å². The van der Waals surface area contributed by atoms with Crippen LogP contribution in [-0.2, 0) is 19.2 Å². The van der Waals surface area contributed by atoms with Crippen molar-refractivity contribution in [2.45, 2.75) is 13.8 Å². The second-order valence-corrected chi connectivity index (χ2v) is 2.31. The summed E-state index contributed by atoms with van der Waals surface area (Å²) in [4.78, 5) is 41.8. The first kappa shape index (κ1) is 14.6. The maximum Gasteiger partial charge on any atom is 1.00 e. The predicted molar refractivity (Wildman–Crippen MR) is 34.9 cm³/mol. The molecule has 0 spiro atoms. The quantitative estimate of drug-likeness (QED) is 0.244. The van der Waals surface area contributed by atoms with Gasteiger partial charge in [0.2, 0.25) is 0 Å². The summed E-state index contributed by atoms with van der Waals surface area (Å²) >= 11 is 0. The largest absolute Gasteiger partial charge is 1.00 e. The van der Waals surface area contributed by atoms with Crippen molar-refractivity contribution < 1.29 is 43.1 Å². The van der Waals surface area contributed by atoms with Crippen LogP contribution in [0.15, 0.2) is 0 Å². The zero-order valence-electron chi connectivity index (χ0n) is 7.62. The van der Waals surface area contributed by atoms with Crippen molar-refractivity contribution in [2.24, 2.45) is 5.92 Å². The third kappa shape index (κ3) is 4.02. The van der Waals surface area contributed by atoms with Crippen molar-refractivity contribution in [1.29, 1.82) is 0 Å². The van der Waals surface area contributed by atoms with Gasteiger partial charge in [0.15, 0.2) is 5.78 Å². The van der Waals surface area contributed by atoms with Gasteiger partial charge in [-0.1, -0.05) is 0 Å². The van der Waals surface area contributed by atoms with Gasteiger partial charge in [0.05, 0.1) is 0 Å². The van der Waals surface area contributed by atoms with Crippen LogP contribution in [0.25, 0.3) is 0 Å². The summed E-state index contributed by atoms with van der Waals surface area (Å²) in [6.45, 7) is 1.96. The maximum absolute atomic E-state index is 10.6. The van der Waals surface area contributed by atoms with Crippen molar-refractivity contribution in [1.82, 2.24) is 0 Å². The molecular weight excluding hydrogens is 171 g/mol. The number of Topliss-reactive ketones (excluding diaryl/α,β-unsaturated/α-hetero) is 3. The van der Waals surface area contributed by atoms with E-state index < -0.39 is 29.2 Å². The number of carbonyl (C=O) groups excluding carboxylic acids is 4. The predicted octanol–water partition coefficient (Wildman–Crippen LogP) is -4.90. The van der Waals surface area contributed by atoms with Gasteiger partial charge in [0, 0.05) is 0 Å². The van der Waals surface area contributed by atoms with Gasteiger partial charge in [0.25, 0.3) is 0 Å². The van der Waals surface area contributed by atoms with Crippen LogP contribution in [0.5, 0.6) is 0 Å². The Morgan fingerprint density at radius 1 is 1.00 bits per heavy atom. The van der Waals surface area contributed by atoms with Crippen LogP contribution >= 0.6 is 0 Å². The molecule has 0 atom stereocenters. The van der Waals surface area contributed by atoms with Gasteiger partial charge in [0.1, 0.15) is 23.5 Å². The average molecular weight is 178 g/mol. The summed E-state index contributed by atoms with van der Waals surface area (Å²) < 4.78 is 0. The smallest absolute Gasteiger partial charge is 0.542 e. The molecule has 0 saturated carbocycles. The van der Waals surface area contributed by atoms with Gasteiger partial charge in [-0.05, 0) is 13.8 Å². The Morgan fingerprint density at radius 2 is 1.31 bits per heavy atom. The fraction of sp³-hybridized carbons (Fsp3) is 0.429. The molecule has 0 aromatic heterocycles. The van der Waals surface area contributed by atoms with E-state index in [0.29, 0.717) is 0 Å². The van der Waals surface area contributed by atoms with Gasteiger partial charge >= 0.3 is 18.9 Å². The van der Waals surface area contributed by atoms with Crippen LogP contribution < -0.4 is 24.0 Å². The number of hydrogen-bond acceptors (Lipinski definition) is 5. The first-order valence-corrected chi connectivity index (χ1v) is 3.14. The van der Waals surface area contributed by atoms with E-state index in [1.807, 2.05) is 0 Å². The number of hydrogen-bond donors (Lipinski definition) is 0. The second-order valence-electron chi connectivity index (χ2n) is 2.31. The molecule has 0 aromatic rings. The molecule has 0 radical (unpaired) electrons. The third-order valence-electron chi connectivity index (χ3n) is 1.28. The number of carboxylic acid groups (broad SMARTS) is 1. The van der Waals surface area contributed by atoms with Crippen molar-refractivity contribution in [2.75, 3.05) is 0 Å². The number of carbonyl (C=O) groups is 4. The molecule has 0 bridgehead atoms. The Balaban J connectivity index is 0. The summed E-state index contributed by atoms with van der Waals surface area (Å²) in [6.07, 6.45) is 0. The summed E-state index contributed by atoms with van der Waals surface area (Å²) in [5.74, 6) is -6.75. The molecular formula is C7H7LiO5. The fourth-order valence-corrected chi connectivity index (χ4v) is 0.773. The topological polar surface area (TPSA) is 91.3 Å². The normalized spacial score (nSPS) is 8.85. The molecule has 0 aliphatic rings. The van der Waals surface area contributed by atoms with E-state index in [4.69, 9.17) is 0 Å². The first-order chi connectivity index (χ1) is 5.37. The summed E-state index contributed by atoms with van der Waals surface area (Å²) in [5.41, 5.74) is 0. The molecule has 66 valence electrons. The van der Waals surface area contributed by atoms with Gasteiger partial charge in [-0.2, -0.15) is 0 Å². The maximum atomic E-state index is 10.6. The molecule has 0 unspecified atom stereocenters. The van der Waals surface area contributed by atoms with Gasteiger partial charge in [-0.25, -0.2) is 0 Å². The van der Waals surface area contributed by atoms with E-state index in [0.717, 1.165) is 13.8 Å². The molecule has 0 saturated heterocycles. The molecule has 0 aliphatic heterocycles. The number of aliphatic carboxylic acids is 1. The van der Waals surface area contributed by atoms with E-state index in [-0.39, 0.29) is 18.9 Å². The van der Waals surface area contributed by atoms with E-state index >= 15 is 0 Å².